The number of hydrogen-bond acceptors (Lipinski definition) is 3. The Morgan fingerprint density at radius 1 is 1.69 bits per heavy atom. The Morgan fingerprint density at radius 2 is 2.44 bits per heavy atom. The largest absolute Gasteiger partial charge is 0.351 e. The molecule has 88 valence electrons. The number of carbonyl (C=O) groups is 1. The number of carbonyl (C=O) groups excluding carboxylic acids is 1. The summed E-state index contributed by atoms with van der Waals surface area (Å²) in [5.74, 6) is -0.0217. The van der Waals surface area contributed by atoms with Gasteiger partial charge >= 0.3 is 0 Å². The van der Waals surface area contributed by atoms with Crippen molar-refractivity contribution in [3.05, 3.63) is 17.5 Å². The molecule has 2 N–H and O–H groups in total. The maximum atomic E-state index is 11.8. The van der Waals surface area contributed by atoms with E-state index in [0.29, 0.717) is 5.56 Å². The van der Waals surface area contributed by atoms with Crippen molar-refractivity contribution in [3.63, 3.8) is 0 Å². The monoisotopic (exact) mass is 239 g/mol. The molecule has 16 heavy (non-hydrogen) atoms. The minimum absolute atomic E-state index is 0.0217. The van der Waals surface area contributed by atoms with Crippen LogP contribution in [-0.4, -0.2) is 33.7 Å². The van der Waals surface area contributed by atoms with E-state index >= 15 is 0 Å². The van der Waals surface area contributed by atoms with Gasteiger partial charge in [-0.1, -0.05) is 6.42 Å². The number of nitrogens with one attached hydrogen (secondary N) is 2. The molecular formula is C11H17N3OS. The second-order valence-electron chi connectivity index (χ2n) is 4.33. The van der Waals surface area contributed by atoms with E-state index < -0.39 is 0 Å². The fourth-order valence-corrected chi connectivity index (χ4v) is 2.85. The molecule has 1 aliphatic carbocycles. The van der Waals surface area contributed by atoms with Crippen LogP contribution in [0, 0.1) is 6.92 Å². The van der Waals surface area contributed by atoms with Gasteiger partial charge in [0.25, 0.3) is 5.91 Å². The Morgan fingerprint density at radius 3 is 2.88 bits per heavy atom. The third kappa shape index (κ3) is 2.09. The third-order valence-corrected chi connectivity index (χ3v) is 4.76. The Hall–Kier alpha value is -0.970. The highest BCUT2D eigenvalue weighted by atomic mass is 32.2. The Bertz CT molecular complexity index is 379. The first kappa shape index (κ1) is 11.5. The van der Waals surface area contributed by atoms with Crippen molar-refractivity contribution in [3.8, 4) is 0 Å². The van der Waals surface area contributed by atoms with Crippen LogP contribution in [0.25, 0.3) is 0 Å². The summed E-state index contributed by atoms with van der Waals surface area (Å²) in [5, 5.41) is 9.62. The van der Waals surface area contributed by atoms with Crippen LogP contribution in [0.3, 0.4) is 0 Å². The van der Waals surface area contributed by atoms with Gasteiger partial charge in [0.05, 0.1) is 11.8 Å². The molecule has 1 fully saturated rings. The van der Waals surface area contributed by atoms with Crippen molar-refractivity contribution >= 4 is 17.7 Å². The first-order chi connectivity index (χ1) is 7.67. The van der Waals surface area contributed by atoms with Crippen molar-refractivity contribution < 1.29 is 4.79 Å². The fourth-order valence-electron chi connectivity index (χ4n) is 1.94. The number of aromatic amines is 1. The molecule has 1 amide bonds. The molecule has 0 bridgehead atoms. The summed E-state index contributed by atoms with van der Waals surface area (Å²) < 4.78 is 0.285. The standard InChI is InChI=1S/C11H17N3OS/c1-8-9(6-13-14-8)10(15)12-7-11(16-2)4-3-5-11/h6H,3-5,7H2,1-2H3,(H,12,15)(H,13,14). The summed E-state index contributed by atoms with van der Waals surface area (Å²) >= 11 is 1.86. The van der Waals surface area contributed by atoms with E-state index in [0.717, 1.165) is 12.2 Å². The topological polar surface area (TPSA) is 57.8 Å². The molecule has 1 aromatic rings. The molecule has 0 spiro atoms. The van der Waals surface area contributed by atoms with Crippen molar-refractivity contribution in [2.24, 2.45) is 0 Å². The highest BCUT2D eigenvalue weighted by Crippen LogP contribution is 2.42. The van der Waals surface area contributed by atoms with E-state index in [4.69, 9.17) is 0 Å². The number of aromatic nitrogens is 2. The zero-order valence-electron chi connectivity index (χ0n) is 9.67. The highest BCUT2D eigenvalue weighted by molar-refractivity contribution is 8.00. The van der Waals surface area contributed by atoms with Gasteiger partial charge in [0, 0.05) is 17.0 Å². The van der Waals surface area contributed by atoms with E-state index in [-0.39, 0.29) is 10.7 Å². The van der Waals surface area contributed by atoms with E-state index in [2.05, 4.69) is 21.8 Å². The van der Waals surface area contributed by atoms with E-state index in [1.54, 1.807) is 6.20 Å². The average Bonchev–Trinajstić information content (AvgIpc) is 2.63. The summed E-state index contributed by atoms with van der Waals surface area (Å²) in [6.45, 7) is 2.62. The van der Waals surface area contributed by atoms with Crippen molar-refractivity contribution in [2.75, 3.05) is 12.8 Å². The molecule has 4 nitrogen and oxygen atoms in total. The summed E-state index contributed by atoms with van der Waals surface area (Å²) in [7, 11) is 0. The van der Waals surface area contributed by atoms with Crippen molar-refractivity contribution in [1.29, 1.82) is 0 Å². The SMILES string of the molecule is CSC1(CNC(=O)c2cn[nH]c2C)CCC1. The van der Waals surface area contributed by atoms with Crippen molar-refractivity contribution in [1.82, 2.24) is 15.5 Å². The van der Waals surface area contributed by atoms with Gasteiger partial charge in [-0.05, 0) is 26.0 Å². The molecule has 0 radical (unpaired) electrons. The maximum absolute atomic E-state index is 11.8. The normalized spacial score (nSPS) is 17.9. The lowest BCUT2D eigenvalue weighted by atomic mass is 9.84. The predicted octanol–water partition coefficient (Wildman–Crippen LogP) is 1.73. The van der Waals surface area contributed by atoms with Gasteiger partial charge in [-0.2, -0.15) is 16.9 Å². The molecular weight excluding hydrogens is 222 g/mol. The van der Waals surface area contributed by atoms with Crippen LogP contribution in [0.5, 0.6) is 0 Å². The quantitative estimate of drug-likeness (QED) is 0.841. The molecule has 1 aromatic heterocycles. The first-order valence-electron chi connectivity index (χ1n) is 5.50. The molecule has 5 heteroatoms. The second-order valence-corrected chi connectivity index (χ2v) is 5.61. The molecule has 0 atom stereocenters. The van der Waals surface area contributed by atoms with Gasteiger partial charge in [0.1, 0.15) is 0 Å². The zero-order chi connectivity index (χ0) is 11.6. The van der Waals surface area contributed by atoms with Crippen LogP contribution in [0.4, 0.5) is 0 Å². The molecule has 0 unspecified atom stereocenters. The fraction of sp³-hybridized carbons (Fsp3) is 0.636. The zero-order valence-corrected chi connectivity index (χ0v) is 10.5. The Labute approximate surface area is 99.6 Å². The molecule has 0 saturated heterocycles. The van der Waals surface area contributed by atoms with Crippen molar-refractivity contribution in [2.45, 2.75) is 30.9 Å². The molecule has 0 aliphatic heterocycles. The third-order valence-electron chi connectivity index (χ3n) is 3.34. The lowest BCUT2D eigenvalue weighted by molar-refractivity contribution is 0.0943. The van der Waals surface area contributed by atoms with Gasteiger partial charge in [-0.3, -0.25) is 9.89 Å². The Balaban J connectivity index is 1.91. The Kier molecular flexibility index (Phi) is 3.23. The number of H-pyrrole nitrogens is 1. The minimum atomic E-state index is -0.0217. The molecule has 1 aliphatic rings. The number of nitrogens with zero attached hydrogens (tertiary/aromatic N) is 1. The summed E-state index contributed by atoms with van der Waals surface area (Å²) in [5.41, 5.74) is 1.47. The lowest BCUT2D eigenvalue weighted by Crippen LogP contribution is -2.45. The summed E-state index contributed by atoms with van der Waals surface area (Å²) in [6, 6.07) is 0. The number of amides is 1. The van der Waals surface area contributed by atoms with E-state index in [9.17, 15) is 4.79 Å². The van der Waals surface area contributed by atoms with Gasteiger partial charge in [0.2, 0.25) is 0 Å². The second kappa shape index (κ2) is 4.49. The van der Waals surface area contributed by atoms with Crippen LogP contribution in [0.1, 0.15) is 35.3 Å². The van der Waals surface area contributed by atoms with Crippen LogP contribution < -0.4 is 5.32 Å². The summed E-state index contributed by atoms with van der Waals surface area (Å²) in [4.78, 5) is 11.8. The maximum Gasteiger partial charge on any atom is 0.254 e. The van der Waals surface area contributed by atoms with Crippen LogP contribution in [0.15, 0.2) is 6.20 Å². The van der Waals surface area contributed by atoms with Crippen LogP contribution in [-0.2, 0) is 0 Å². The number of aryl methyl sites for hydroxylation is 1. The van der Waals surface area contributed by atoms with Gasteiger partial charge in [-0.15, -0.1) is 0 Å². The summed E-state index contributed by atoms with van der Waals surface area (Å²) in [6.07, 6.45) is 7.39. The smallest absolute Gasteiger partial charge is 0.254 e. The number of hydrogen-bond donors (Lipinski definition) is 2. The highest BCUT2D eigenvalue weighted by Gasteiger charge is 2.36. The van der Waals surface area contributed by atoms with Crippen LogP contribution in [0.2, 0.25) is 0 Å². The number of thioether (sulfide) groups is 1. The minimum Gasteiger partial charge on any atom is -0.351 e. The van der Waals surface area contributed by atoms with Crippen LogP contribution >= 0.6 is 11.8 Å². The molecule has 1 heterocycles. The lowest BCUT2D eigenvalue weighted by Gasteiger charge is -2.40. The molecule has 2 rings (SSSR count). The van der Waals surface area contributed by atoms with E-state index in [1.165, 1.54) is 19.3 Å². The van der Waals surface area contributed by atoms with Gasteiger partial charge < -0.3 is 5.32 Å². The molecule has 0 aromatic carbocycles. The number of rotatable bonds is 4. The first-order valence-corrected chi connectivity index (χ1v) is 6.73. The van der Waals surface area contributed by atoms with Gasteiger partial charge in [-0.25, -0.2) is 0 Å². The average molecular weight is 239 g/mol. The molecule has 1 saturated carbocycles. The predicted molar refractivity (Wildman–Crippen MR) is 65.8 cm³/mol. The van der Waals surface area contributed by atoms with E-state index in [1.807, 2.05) is 18.7 Å². The van der Waals surface area contributed by atoms with Gasteiger partial charge in [0.15, 0.2) is 0 Å².